The van der Waals surface area contributed by atoms with Gasteiger partial charge in [-0.15, -0.1) is 0 Å². The molecule has 54 valence electrons. The summed E-state index contributed by atoms with van der Waals surface area (Å²) in [6.07, 6.45) is 1.20. The Morgan fingerprint density at radius 2 is 2.56 bits per heavy atom. The van der Waals surface area contributed by atoms with Crippen LogP contribution in [0.1, 0.15) is 13.3 Å². The summed E-state index contributed by atoms with van der Waals surface area (Å²) in [6.45, 7) is 5.22. The summed E-state index contributed by atoms with van der Waals surface area (Å²) >= 11 is 0. The van der Waals surface area contributed by atoms with Crippen molar-refractivity contribution in [2.75, 3.05) is 19.6 Å². The van der Waals surface area contributed by atoms with Gasteiger partial charge in [0.05, 0.1) is 0 Å². The number of nitrogens with one attached hydrogen (secondary N) is 1. The first kappa shape index (κ1) is 6.99. The zero-order valence-electron chi connectivity index (χ0n) is 5.93. The largest absolute Gasteiger partial charge is 0.315 e. The number of hydrogen-bond donors (Lipinski definition) is 2. The Balaban J connectivity index is 2.24. The van der Waals surface area contributed by atoms with E-state index in [0.717, 1.165) is 19.6 Å². The Morgan fingerprint density at radius 3 is 3.00 bits per heavy atom. The van der Waals surface area contributed by atoms with Gasteiger partial charge in [-0.3, -0.25) is 5.84 Å². The van der Waals surface area contributed by atoms with Gasteiger partial charge in [0.2, 0.25) is 0 Å². The lowest BCUT2D eigenvalue weighted by molar-refractivity contribution is 0.225. The van der Waals surface area contributed by atoms with E-state index in [1.807, 2.05) is 5.01 Å². The first-order chi connectivity index (χ1) is 4.34. The smallest absolute Gasteiger partial charge is 0.0377 e. The molecule has 3 nitrogen and oxygen atoms in total. The minimum absolute atomic E-state index is 0.579. The predicted octanol–water partition coefficient (Wildman–Crippen LogP) is -0.456. The van der Waals surface area contributed by atoms with Crippen LogP contribution in [-0.4, -0.2) is 30.7 Å². The van der Waals surface area contributed by atoms with Crippen LogP contribution in [-0.2, 0) is 0 Å². The summed E-state index contributed by atoms with van der Waals surface area (Å²) in [5.74, 6) is 5.67. The highest BCUT2D eigenvalue weighted by atomic mass is 15.4. The minimum atomic E-state index is 0.579. The van der Waals surface area contributed by atoms with Crippen molar-refractivity contribution in [1.82, 2.24) is 10.3 Å². The Morgan fingerprint density at radius 1 is 1.78 bits per heavy atom. The zero-order chi connectivity index (χ0) is 6.69. The van der Waals surface area contributed by atoms with E-state index < -0.39 is 0 Å². The molecule has 1 atom stereocenters. The lowest BCUT2D eigenvalue weighted by Gasteiger charge is -2.20. The van der Waals surface area contributed by atoms with E-state index >= 15 is 0 Å². The van der Waals surface area contributed by atoms with Gasteiger partial charge < -0.3 is 5.32 Å². The molecule has 0 spiro atoms. The monoisotopic (exact) mass is 129 g/mol. The fraction of sp³-hybridized carbons (Fsp3) is 1.00. The van der Waals surface area contributed by atoms with Crippen LogP contribution in [0.2, 0.25) is 0 Å². The van der Waals surface area contributed by atoms with Crippen molar-refractivity contribution in [3.8, 4) is 0 Å². The van der Waals surface area contributed by atoms with Gasteiger partial charge in [-0.05, 0) is 13.0 Å². The molecule has 3 heteroatoms. The summed E-state index contributed by atoms with van der Waals surface area (Å²) in [7, 11) is 0. The van der Waals surface area contributed by atoms with E-state index in [1.165, 1.54) is 6.42 Å². The second-order valence-electron chi connectivity index (χ2n) is 2.48. The number of hydrazine groups is 1. The Hall–Kier alpha value is -0.120. The molecule has 1 aliphatic rings. The van der Waals surface area contributed by atoms with E-state index in [4.69, 9.17) is 5.84 Å². The first-order valence-corrected chi connectivity index (χ1v) is 3.56. The number of hydrogen-bond acceptors (Lipinski definition) is 3. The summed E-state index contributed by atoms with van der Waals surface area (Å²) in [6, 6.07) is 0.579. The maximum atomic E-state index is 5.67. The molecule has 1 fully saturated rings. The van der Waals surface area contributed by atoms with Crippen molar-refractivity contribution in [3.05, 3.63) is 0 Å². The second kappa shape index (κ2) is 3.15. The Bertz CT molecular complexity index is 78.4. The van der Waals surface area contributed by atoms with E-state index in [0.29, 0.717) is 6.04 Å². The van der Waals surface area contributed by atoms with Gasteiger partial charge >= 0.3 is 0 Å². The first-order valence-electron chi connectivity index (χ1n) is 3.56. The maximum absolute atomic E-state index is 5.67. The highest BCUT2D eigenvalue weighted by molar-refractivity contribution is 4.76. The minimum Gasteiger partial charge on any atom is -0.315 e. The standard InChI is InChI=1S/C6H15N3/c1-2-9(7)6-3-4-8-5-6/h6,8H,2-5,7H2,1H3. The van der Waals surface area contributed by atoms with E-state index in [-0.39, 0.29) is 0 Å². The SMILES string of the molecule is CCN(N)C1CCNC1. The molecule has 0 radical (unpaired) electrons. The highest BCUT2D eigenvalue weighted by Gasteiger charge is 2.17. The number of rotatable bonds is 2. The Kier molecular flexibility index (Phi) is 2.45. The molecule has 1 saturated heterocycles. The maximum Gasteiger partial charge on any atom is 0.0377 e. The molecule has 1 unspecified atom stereocenters. The lowest BCUT2D eigenvalue weighted by Crippen LogP contribution is -2.41. The number of nitrogens with zero attached hydrogens (tertiary/aromatic N) is 1. The van der Waals surface area contributed by atoms with Crippen LogP contribution in [0.15, 0.2) is 0 Å². The van der Waals surface area contributed by atoms with E-state index in [9.17, 15) is 0 Å². The average Bonchev–Trinajstić information content (AvgIpc) is 2.37. The van der Waals surface area contributed by atoms with Crippen molar-refractivity contribution in [2.45, 2.75) is 19.4 Å². The normalized spacial score (nSPS) is 27.7. The van der Waals surface area contributed by atoms with Gasteiger partial charge in [-0.25, -0.2) is 5.01 Å². The molecule has 0 aromatic rings. The van der Waals surface area contributed by atoms with Crippen LogP contribution >= 0.6 is 0 Å². The van der Waals surface area contributed by atoms with Crippen LogP contribution in [0, 0.1) is 0 Å². The Labute approximate surface area is 56.2 Å². The van der Waals surface area contributed by atoms with Gasteiger partial charge in [-0.2, -0.15) is 0 Å². The zero-order valence-corrected chi connectivity index (χ0v) is 5.93. The molecule has 0 aliphatic carbocycles. The molecule has 0 amide bonds. The van der Waals surface area contributed by atoms with E-state index in [2.05, 4.69) is 12.2 Å². The highest BCUT2D eigenvalue weighted by Crippen LogP contribution is 2.02. The summed E-state index contributed by atoms with van der Waals surface area (Å²) < 4.78 is 0. The average molecular weight is 129 g/mol. The second-order valence-corrected chi connectivity index (χ2v) is 2.48. The fourth-order valence-corrected chi connectivity index (χ4v) is 1.18. The van der Waals surface area contributed by atoms with Crippen molar-refractivity contribution < 1.29 is 0 Å². The van der Waals surface area contributed by atoms with Gasteiger partial charge in [0, 0.05) is 19.1 Å². The lowest BCUT2D eigenvalue weighted by atomic mass is 10.2. The molecule has 0 aromatic carbocycles. The van der Waals surface area contributed by atoms with Crippen molar-refractivity contribution in [3.63, 3.8) is 0 Å². The molecule has 0 bridgehead atoms. The van der Waals surface area contributed by atoms with Crippen molar-refractivity contribution in [1.29, 1.82) is 0 Å². The molecule has 1 heterocycles. The van der Waals surface area contributed by atoms with Gasteiger partial charge in [0.25, 0.3) is 0 Å². The van der Waals surface area contributed by atoms with Crippen LogP contribution in [0.25, 0.3) is 0 Å². The number of nitrogens with two attached hydrogens (primary N) is 1. The molecule has 1 aliphatic heterocycles. The third kappa shape index (κ3) is 1.64. The fourth-order valence-electron chi connectivity index (χ4n) is 1.18. The molecule has 9 heavy (non-hydrogen) atoms. The molecule has 0 aromatic heterocycles. The molecular formula is C6H15N3. The molecular weight excluding hydrogens is 114 g/mol. The van der Waals surface area contributed by atoms with Crippen LogP contribution in [0.3, 0.4) is 0 Å². The molecule has 0 saturated carbocycles. The number of likely N-dealkylation sites (N-methyl/N-ethyl adjacent to an activating group) is 1. The van der Waals surface area contributed by atoms with Crippen molar-refractivity contribution >= 4 is 0 Å². The van der Waals surface area contributed by atoms with E-state index in [1.54, 1.807) is 0 Å². The summed E-state index contributed by atoms with van der Waals surface area (Å²) in [4.78, 5) is 0. The molecule has 3 N–H and O–H groups in total. The third-order valence-electron chi connectivity index (χ3n) is 1.87. The van der Waals surface area contributed by atoms with Crippen LogP contribution in [0.5, 0.6) is 0 Å². The quantitative estimate of drug-likeness (QED) is 0.392. The van der Waals surface area contributed by atoms with Gasteiger partial charge in [0.1, 0.15) is 0 Å². The van der Waals surface area contributed by atoms with Gasteiger partial charge in [0.15, 0.2) is 0 Å². The van der Waals surface area contributed by atoms with Crippen LogP contribution in [0.4, 0.5) is 0 Å². The molecule has 1 rings (SSSR count). The predicted molar refractivity (Wildman–Crippen MR) is 37.8 cm³/mol. The topological polar surface area (TPSA) is 41.3 Å². The van der Waals surface area contributed by atoms with Gasteiger partial charge in [-0.1, -0.05) is 6.92 Å². The van der Waals surface area contributed by atoms with Crippen molar-refractivity contribution in [2.24, 2.45) is 5.84 Å². The summed E-state index contributed by atoms with van der Waals surface area (Å²) in [5, 5.41) is 5.17. The third-order valence-corrected chi connectivity index (χ3v) is 1.87. The summed E-state index contributed by atoms with van der Waals surface area (Å²) in [5.41, 5.74) is 0. The van der Waals surface area contributed by atoms with Crippen LogP contribution < -0.4 is 11.2 Å².